The van der Waals surface area contributed by atoms with Gasteiger partial charge in [-0.15, -0.1) is 10.2 Å². The fourth-order valence-electron chi connectivity index (χ4n) is 2.16. The van der Waals surface area contributed by atoms with Crippen molar-refractivity contribution in [3.8, 4) is 0 Å². The van der Waals surface area contributed by atoms with E-state index in [9.17, 15) is 0 Å². The second-order valence-electron chi connectivity index (χ2n) is 4.64. The zero-order valence-corrected chi connectivity index (χ0v) is 11.6. The Morgan fingerprint density at radius 3 is 3.21 bits per heavy atom. The summed E-state index contributed by atoms with van der Waals surface area (Å²) in [5, 5.41) is 13.8. The van der Waals surface area contributed by atoms with Crippen LogP contribution in [0, 0.1) is 0 Å². The van der Waals surface area contributed by atoms with Crippen molar-refractivity contribution in [1.82, 2.24) is 19.8 Å². The molecule has 0 spiro atoms. The van der Waals surface area contributed by atoms with E-state index in [4.69, 9.17) is 15.2 Å². The molecule has 1 saturated heterocycles. The van der Waals surface area contributed by atoms with Crippen molar-refractivity contribution in [3.05, 3.63) is 10.8 Å². The number of nitrogens with two attached hydrogens (primary N) is 1. The molecule has 104 valence electrons. The normalized spacial score (nSPS) is 21.3. The van der Waals surface area contributed by atoms with Gasteiger partial charge in [0.1, 0.15) is 5.01 Å². The minimum absolute atomic E-state index is 0.112. The van der Waals surface area contributed by atoms with Crippen LogP contribution in [0.15, 0.2) is 0 Å². The predicted molar refractivity (Wildman–Crippen MR) is 70.3 cm³/mol. The Bertz CT molecular complexity index is 548. The molecule has 3 heterocycles. The topological polar surface area (TPSA) is 87.6 Å². The van der Waals surface area contributed by atoms with Gasteiger partial charge in [-0.25, -0.2) is 0 Å². The zero-order valence-electron chi connectivity index (χ0n) is 10.8. The maximum absolute atomic E-state index is 6.09. The van der Waals surface area contributed by atoms with Gasteiger partial charge < -0.3 is 15.2 Å². The number of nitrogens with zero attached hydrogens (tertiary/aromatic N) is 4. The molecule has 2 aromatic rings. The van der Waals surface area contributed by atoms with Gasteiger partial charge in [-0.3, -0.25) is 0 Å². The van der Waals surface area contributed by atoms with Crippen LogP contribution in [-0.4, -0.2) is 46.7 Å². The van der Waals surface area contributed by atoms with Gasteiger partial charge in [0.05, 0.1) is 12.6 Å². The highest BCUT2D eigenvalue weighted by Crippen LogP contribution is 2.27. The van der Waals surface area contributed by atoms with E-state index < -0.39 is 0 Å². The van der Waals surface area contributed by atoms with Gasteiger partial charge in [-0.1, -0.05) is 11.3 Å². The van der Waals surface area contributed by atoms with E-state index in [1.807, 2.05) is 4.52 Å². The Balaban J connectivity index is 1.84. The first-order valence-corrected chi connectivity index (χ1v) is 7.15. The van der Waals surface area contributed by atoms with Crippen LogP contribution in [0.25, 0.3) is 4.96 Å². The molecule has 3 rings (SSSR count). The lowest BCUT2D eigenvalue weighted by atomic mass is 10.1. The van der Waals surface area contributed by atoms with Crippen molar-refractivity contribution in [2.45, 2.75) is 24.8 Å². The molecule has 0 bridgehead atoms. The Morgan fingerprint density at radius 1 is 1.58 bits per heavy atom. The Labute approximate surface area is 114 Å². The smallest absolute Gasteiger partial charge is 0.234 e. The zero-order chi connectivity index (χ0) is 13.2. The van der Waals surface area contributed by atoms with E-state index in [2.05, 4.69) is 15.3 Å². The van der Waals surface area contributed by atoms with Gasteiger partial charge in [0.15, 0.2) is 5.82 Å². The third-order valence-electron chi connectivity index (χ3n) is 3.28. The molecule has 19 heavy (non-hydrogen) atoms. The number of ether oxygens (including phenoxy) is 2. The third-order valence-corrected chi connectivity index (χ3v) is 4.31. The molecular weight excluding hydrogens is 266 g/mol. The molecule has 1 aliphatic heterocycles. The minimum Gasteiger partial charge on any atom is -0.385 e. The number of hydrogen-bond acceptors (Lipinski definition) is 7. The molecule has 8 heteroatoms. The average Bonchev–Trinajstić information content (AvgIpc) is 3.09. The summed E-state index contributed by atoms with van der Waals surface area (Å²) in [7, 11) is 1.67. The second kappa shape index (κ2) is 5.49. The quantitative estimate of drug-likeness (QED) is 0.870. The minimum atomic E-state index is -0.112. The van der Waals surface area contributed by atoms with Crippen molar-refractivity contribution in [3.63, 3.8) is 0 Å². The first-order chi connectivity index (χ1) is 9.29. The van der Waals surface area contributed by atoms with E-state index in [-0.39, 0.29) is 6.04 Å². The molecule has 2 unspecified atom stereocenters. The number of rotatable bonds is 5. The number of aromatic nitrogens is 4. The van der Waals surface area contributed by atoms with E-state index in [0.717, 1.165) is 35.2 Å². The van der Waals surface area contributed by atoms with Crippen molar-refractivity contribution in [2.75, 3.05) is 26.9 Å². The van der Waals surface area contributed by atoms with E-state index in [1.165, 1.54) is 11.3 Å². The van der Waals surface area contributed by atoms with Crippen molar-refractivity contribution in [1.29, 1.82) is 0 Å². The summed E-state index contributed by atoms with van der Waals surface area (Å²) in [5.41, 5.74) is 6.09. The van der Waals surface area contributed by atoms with E-state index >= 15 is 0 Å². The highest BCUT2D eigenvalue weighted by atomic mass is 32.1. The van der Waals surface area contributed by atoms with Gasteiger partial charge in [0.2, 0.25) is 4.96 Å². The number of fused-ring (bicyclic) bond motifs is 1. The predicted octanol–water partition coefficient (Wildman–Crippen LogP) is 0.726. The molecule has 1 aliphatic rings. The summed E-state index contributed by atoms with van der Waals surface area (Å²) in [6, 6.07) is -0.112. The van der Waals surface area contributed by atoms with Crippen LogP contribution in [0.2, 0.25) is 0 Å². The summed E-state index contributed by atoms with van der Waals surface area (Å²) in [6.45, 7) is 2.11. The first-order valence-electron chi connectivity index (χ1n) is 6.34. The lowest BCUT2D eigenvalue weighted by Crippen LogP contribution is -2.13. The lowest BCUT2D eigenvalue weighted by molar-refractivity contribution is 0.188. The molecule has 0 aliphatic carbocycles. The van der Waals surface area contributed by atoms with Gasteiger partial charge >= 0.3 is 0 Å². The van der Waals surface area contributed by atoms with Gasteiger partial charge in [0, 0.05) is 26.2 Å². The van der Waals surface area contributed by atoms with Gasteiger partial charge in [-0.05, 0) is 12.8 Å². The largest absolute Gasteiger partial charge is 0.385 e. The summed E-state index contributed by atoms with van der Waals surface area (Å²) in [5.74, 6) is 1.18. The molecule has 1 fully saturated rings. The standard InChI is InChI=1S/C11H17N5O2S/c1-17-4-3-8(12)10-15-16-9(7-2-5-18-6-7)13-14-11(16)19-10/h7-8H,2-6,12H2,1H3. The summed E-state index contributed by atoms with van der Waals surface area (Å²) < 4.78 is 12.2. The van der Waals surface area contributed by atoms with Crippen LogP contribution in [-0.2, 0) is 9.47 Å². The fraction of sp³-hybridized carbons (Fsp3) is 0.727. The molecule has 0 amide bonds. The van der Waals surface area contributed by atoms with Crippen molar-refractivity contribution in [2.24, 2.45) is 5.73 Å². The monoisotopic (exact) mass is 283 g/mol. The summed E-state index contributed by atoms with van der Waals surface area (Å²) >= 11 is 1.49. The Kier molecular flexibility index (Phi) is 3.74. The van der Waals surface area contributed by atoms with Gasteiger partial charge in [-0.2, -0.15) is 9.61 Å². The molecule has 2 aromatic heterocycles. The second-order valence-corrected chi connectivity index (χ2v) is 5.63. The highest BCUT2D eigenvalue weighted by Gasteiger charge is 2.25. The molecule has 2 N–H and O–H groups in total. The SMILES string of the molecule is COCCC(N)c1nn2c(C3CCOC3)nnc2s1. The maximum atomic E-state index is 6.09. The number of methoxy groups -OCH3 is 1. The van der Waals surface area contributed by atoms with Crippen LogP contribution in [0.4, 0.5) is 0 Å². The van der Waals surface area contributed by atoms with Crippen LogP contribution in [0.5, 0.6) is 0 Å². The maximum Gasteiger partial charge on any atom is 0.234 e. The van der Waals surface area contributed by atoms with Crippen molar-refractivity contribution >= 4 is 16.3 Å². The summed E-state index contributed by atoms with van der Waals surface area (Å²) in [4.78, 5) is 0.796. The molecule has 2 atom stereocenters. The fourth-order valence-corrected chi connectivity index (χ4v) is 3.04. The van der Waals surface area contributed by atoms with Crippen molar-refractivity contribution < 1.29 is 9.47 Å². The third kappa shape index (κ3) is 2.48. The van der Waals surface area contributed by atoms with E-state index in [0.29, 0.717) is 19.1 Å². The van der Waals surface area contributed by atoms with Crippen LogP contribution >= 0.6 is 11.3 Å². The molecule has 0 saturated carbocycles. The highest BCUT2D eigenvalue weighted by molar-refractivity contribution is 7.16. The first kappa shape index (κ1) is 12.9. The lowest BCUT2D eigenvalue weighted by Gasteiger charge is -2.06. The molecule has 7 nitrogen and oxygen atoms in total. The summed E-state index contributed by atoms with van der Waals surface area (Å²) in [6.07, 6.45) is 1.73. The van der Waals surface area contributed by atoms with Crippen LogP contribution in [0.3, 0.4) is 0 Å². The average molecular weight is 283 g/mol. The van der Waals surface area contributed by atoms with E-state index in [1.54, 1.807) is 7.11 Å². The molecule has 0 radical (unpaired) electrons. The van der Waals surface area contributed by atoms with Crippen LogP contribution in [0.1, 0.15) is 35.6 Å². The molecular formula is C11H17N5O2S. The Morgan fingerprint density at radius 2 is 2.47 bits per heavy atom. The molecule has 0 aromatic carbocycles. The van der Waals surface area contributed by atoms with Gasteiger partial charge in [0.25, 0.3) is 0 Å². The Hall–Kier alpha value is -1.09. The van der Waals surface area contributed by atoms with Crippen LogP contribution < -0.4 is 5.73 Å². The number of hydrogen-bond donors (Lipinski definition) is 1.